The molecule has 7 N–H and O–H groups in total. The van der Waals surface area contributed by atoms with Crippen LogP contribution >= 0.6 is 11.3 Å². The number of rotatable bonds is 7. The number of hydrogen-bond donors (Lipinski definition) is 4. The van der Waals surface area contributed by atoms with E-state index in [9.17, 15) is 9.18 Å². The van der Waals surface area contributed by atoms with Crippen molar-refractivity contribution < 1.29 is 18.7 Å². The number of anilines is 2. The van der Waals surface area contributed by atoms with Crippen molar-refractivity contribution in [3.05, 3.63) is 45.7 Å². The number of thiophene rings is 1. The number of methoxy groups -OCH3 is 1. The Morgan fingerprint density at radius 3 is 2.59 bits per heavy atom. The average molecular weight is 394 g/mol. The van der Waals surface area contributed by atoms with Crippen molar-refractivity contribution in [1.82, 2.24) is 5.32 Å². The van der Waals surface area contributed by atoms with Crippen molar-refractivity contribution in [2.24, 2.45) is 5.73 Å². The molecule has 0 aliphatic carbocycles. The molecule has 0 radical (unpaired) electrons. The van der Waals surface area contributed by atoms with Crippen LogP contribution in [-0.2, 0) is 11.3 Å². The van der Waals surface area contributed by atoms with E-state index in [0.717, 1.165) is 16.9 Å². The molecule has 1 aromatic heterocycles. The molecule has 0 saturated heterocycles. The number of benzene rings is 1. The van der Waals surface area contributed by atoms with Gasteiger partial charge in [0.25, 0.3) is 5.91 Å². The van der Waals surface area contributed by atoms with Crippen molar-refractivity contribution in [3.8, 4) is 5.75 Å². The SMILES string of the molecule is COCOc1ccc(CNC(=O)c2sc(N)c(/C(C)=C(/C)N)c2N)cc1F. The second kappa shape index (κ2) is 8.74. The highest BCUT2D eigenvalue weighted by atomic mass is 32.1. The Morgan fingerprint density at radius 1 is 1.30 bits per heavy atom. The van der Waals surface area contributed by atoms with Gasteiger partial charge in [-0.3, -0.25) is 4.79 Å². The predicted molar refractivity (Wildman–Crippen MR) is 106 cm³/mol. The Kier molecular flexibility index (Phi) is 6.65. The molecule has 1 aromatic carbocycles. The quantitative estimate of drug-likeness (QED) is 0.535. The van der Waals surface area contributed by atoms with E-state index in [4.69, 9.17) is 26.7 Å². The monoisotopic (exact) mass is 394 g/mol. The highest BCUT2D eigenvalue weighted by Gasteiger charge is 2.21. The number of nitrogens with two attached hydrogens (primary N) is 3. The van der Waals surface area contributed by atoms with Crippen LogP contribution in [0, 0.1) is 5.82 Å². The van der Waals surface area contributed by atoms with Gasteiger partial charge in [0.05, 0.1) is 10.7 Å². The highest BCUT2D eigenvalue weighted by molar-refractivity contribution is 7.18. The largest absolute Gasteiger partial charge is 0.464 e. The van der Waals surface area contributed by atoms with Crippen LogP contribution in [0.2, 0.25) is 0 Å². The number of hydrogen-bond acceptors (Lipinski definition) is 7. The molecular formula is C18H23FN4O3S. The van der Waals surface area contributed by atoms with E-state index < -0.39 is 11.7 Å². The fraction of sp³-hybridized carbons (Fsp3) is 0.278. The van der Waals surface area contributed by atoms with E-state index in [1.807, 2.05) is 0 Å². The molecule has 0 aliphatic heterocycles. The number of nitrogen functional groups attached to an aromatic ring is 2. The van der Waals surface area contributed by atoms with Gasteiger partial charge in [-0.1, -0.05) is 6.07 Å². The molecule has 27 heavy (non-hydrogen) atoms. The third-order valence-corrected chi connectivity index (χ3v) is 4.96. The lowest BCUT2D eigenvalue weighted by Gasteiger charge is -2.09. The molecule has 0 spiro atoms. The van der Waals surface area contributed by atoms with E-state index in [1.54, 1.807) is 19.9 Å². The minimum absolute atomic E-state index is 0.0510. The zero-order valence-corrected chi connectivity index (χ0v) is 16.2. The maximum atomic E-state index is 14.0. The summed E-state index contributed by atoms with van der Waals surface area (Å²) in [6, 6.07) is 4.41. The fourth-order valence-corrected chi connectivity index (χ4v) is 3.33. The van der Waals surface area contributed by atoms with Crippen LogP contribution in [0.25, 0.3) is 5.57 Å². The van der Waals surface area contributed by atoms with Crippen LogP contribution in [0.3, 0.4) is 0 Å². The van der Waals surface area contributed by atoms with Gasteiger partial charge in [-0.15, -0.1) is 11.3 Å². The van der Waals surface area contributed by atoms with Crippen LogP contribution in [0.4, 0.5) is 15.1 Å². The van der Waals surface area contributed by atoms with E-state index in [0.29, 0.717) is 26.7 Å². The molecule has 0 unspecified atom stereocenters. The number of ether oxygens (including phenoxy) is 2. The van der Waals surface area contributed by atoms with Crippen molar-refractivity contribution in [2.75, 3.05) is 25.4 Å². The molecule has 146 valence electrons. The minimum atomic E-state index is -0.542. The molecule has 0 saturated carbocycles. The molecular weight excluding hydrogens is 371 g/mol. The Balaban J connectivity index is 2.12. The second-order valence-corrected chi connectivity index (χ2v) is 6.94. The van der Waals surface area contributed by atoms with Crippen molar-refractivity contribution >= 4 is 33.5 Å². The Bertz CT molecular complexity index is 876. The van der Waals surface area contributed by atoms with E-state index in [1.165, 1.54) is 19.2 Å². The van der Waals surface area contributed by atoms with Gasteiger partial charge in [0.1, 0.15) is 4.88 Å². The number of nitrogens with one attached hydrogen (secondary N) is 1. The van der Waals surface area contributed by atoms with Crippen LogP contribution in [0.1, 0.15) is 34.6 Å². The summed E-state index contributed by atoms with van der Waals surface area (Å²) in [7, 11) is 1.45. The summed E-state index contributed by atoms with van der Waals surface area (Å²) >= 11 is 1.09. The zero-order chi connectivity index (χ0) is 20.1. The summed E-state index contributed by atoms with van der Waals surface area (Å²) in [6.07, 6.45) is 0. The van der Waals surface area contributed by atoms with Crippen molar-refractivity contribution in [1.29, 1.82) is 0 Å². The summed E-state index contributed by atoms with van der Waals surface area (Å²) in [5.41, 5.74) is 20.6. The lowest BCUT2D eigenvalue weighted by atomic mass is 10.1. The first-order valence-electron chi connectivity index (χ1n) is 8.05. The van der Waals surface area contributed by atoms with Gasteiger partial charge in [-0.05, 0) is 37.1 Å². The average Bonchev–Trinajstić information content (AvgIpc) is 2.92. The fourth-order valence-electron chi connectivity index (χ4n) is 2.37. The standard InChI is InChI=1S/C18H23FN4O3S/c1-9(10(2)20)14-15(21)16(27-17(14)22)18(24)23-7-11-4-5-13(12(19)6-11)26-8-25-3/h4-6H,7-8,20-22H2,1-3H3,(H,23,24)/b10-9-. The number of carbonyl (C=O) groups excluding carboxylic acids is 1. The van der Waals surface area contributed by atoms with Crippen molar-refractivity contribution in [3.63, 3.8) is 0 Å². The molecule has 2 rings (SSSR count). The lowest BCUT2D eigenvalue weighted by molar-refractivity contribution is 0.0483. The summed E-state index contributed by atoms with van der Waals surface area (Å²) < 4.78 is 23.8. The third kappa shape index (κ3) is 4.69. The molecule has 9 heteroatoms. The second-order valence-electron chi connectivity index (χ2n) is 5.89. The lowest BCUT2D eigenvalue weighted by Crippen LogP contribution is -2.22. The van der Waals surface area contributed by atoms with Gasteiger partial charge >= 0.3 is 0 Å². The molecule has 0 bridgehead atoms. The summed E-state index contributed by atoms with van der Waals surface area (Å²) in [6.45, 7) is 3.60. The van der Waals surface area contributed by atoms with Crippen LogP contribution in [-0.4, -0.2) is 19.8 Å². The maximum absolute atomic E-state index is 14.0. The first-order valence-corrected chi connectivity index (χ1v) is 8.87. The topological polar surface area (TPSA) is 126 Å². The van der Waals surface area contributed by atoms with Crippen LogP contribution in [0.5, 0.6) is 5.75 Å². The van der Waals surface area contributed by atoms with Crippen LogP contribution < -0.4 is 27.3 Å². The molecule has 2 aromatic rings. The zero-order valence-electron chi connectivity index (χ0n) is 15.4. The molecule has 0 fully saturated rings. The number of halogens is 1. The molecule has 0 atom stereocenters. The van der Waals surface area contributed by atoms with E-state index in [2.05, 4.69) is 5.32 Å². The third-order valence-electron chi connectivity index (χ3n) is 3.93. The first-order chi connectivity index (χ1) is 12.8. The summed E-state index contributed by atoms with van der Waals surface area (Å²) in [5.74, 6) is -0.857. The predicted octanol–water partition coefficient (Wildman–Crippen LogP) is 2.67. The first kappa shape index (κ1) is 20.5. The summed E-state index contributed by atoms with van der Waals surface area (Å²) in [4.78, 5) is 12.8. The number of carbonyl (C=O) groups is 1. The van der Waals surface area contributed by atoms with Gasteiger partial charge in [0, 0.05) is 24.9 Å². The smallest absolute Gasteiger partial charge is 0.263 e. The van der Waals surface area contributed by atoms with Gasteiger partial charge in [-0.2, -0.15) is 0 Å². The maximum Gasteiger partial charge on any atom is 0.263 e. The van der Waals surface area contributed by atoms with Crippen molar-refractivity contribution in [2.45, 2.75) is 20.4 Å². The van der Waals surface area contributed by atoms with Gasteiger partial charge < -0.3 is 32.0 Å². The minimum Gasteiger partial charge on any atom is -0.464 e. The number of amides is 1. The summed E-state index contributed by atoms with van der Waals surface area (Å²) in [5, 5.41) is 3.13. The molecule has 0 aliphatic rings. The molecule has 7 nitrogen and oxygen atoms in total. The number of allylic oxidation sites excluding steroid dienone is 2. The Morgan fingerprint density at radius 2 is 2.00 bits per heavy atom. The highest BCUT2D eigenvalue weighted by Crippen LogP contribution is 2.38. The van der Waals surface area contributed by atoms with E-state index >= 15 is 0 Å². The van der Waals surface area contributed by atoms with Gasteiger partial charge in [-0.25, -0.2) is 4.39 Å². The van der Waals surface area contributed by atoms with Gasteiger partial charge in [0.15, 0.2) is 18.4 Å². The van der Waals surface area contributed by atoms with Gasteiger partial charge in [0.2, 0.25) is 0 Å². The normalized spacial score (nSPS) is 11.9. The Hall–Kier alpha value is -2.78. The molecule has 1 amide bonds. The molecule has 1 heterocycles. The van der Waals surface area contributed by atoms with Crippen LogP contribution in [0.15, 0.2) is 23.9 Å². The Labute approximate surface area is 160 Å². The van der Waals surface area contributed by atoms with E-state index in [-0.39, 0.29) is 24.8 Å².